The normalized spacial score (nSPS) is 12.8. The molecule has 0 aliphatic rings. The minimum absolute atomic E-state index is 0.340. The van der Waals surface area contributed by atoms with E-state index >= 15 is 0 Å². The van der Waals surface area contributed by atoms with Gasteiger partial charge in [0.15, 0.2) is 0 Å². The molecule has 0 aliphatic carbocycles. The smallest absolute Gasteiger partial charge is 0.0761 e. The summed E-state index contributed by atoms with van der Waals surface area (Å²) in [6.45, 7) is 0. The second-order valence-corrected chi connectivity index (χ2v) is 7.96. The monoisotopic (exact) mass is 413 g/mol. The van der Waals surface area contributed by atoms with E-state index in [4.69, 9.17) is 28.9 Å². The molecule has 2 N–H and O–H groups in total. The number of halogens is 4. The van der Waals surface area contributed by atoms with Crippen LogP contribution in [0.4, 0.5) is 0 Å². The summed E-state index contributed by atoms with van der Waals surface area (Å²) in [4.78, 5) is 0. The van der Waals surface area contributed by atoms with Gasteiger partial charge in [0.25, 0.3) is 0 Å². The topological polar surface area (TPSA) is 26.0 Å². The second-order valence-electron chi connectivity index (χ2n) is 3.39. The van der Waals surface area contributed by atoms with E-state index in [1.54, 1.807) is 29.5 Å². The average molecular weight is 416 g/mol. The highest BCUT2D eigenvalue weighted by Gasteiger charge is 2.20. The molecule has 0 spiro atoms. The fourth-order valence-corrected chi connectivity index (χ4v) is 5.09. The molecule has 1 atom stereocenters. The van der Waals surface area contributed by atoms with Gasteiger partial charge in [-0.05, 0) is 55.6 Å². The van der Waals surface area contributed by atoms with Crippen LogP contribution in [0.2, 0.25) is 10.0 Å². The Balaban J connectivity index is 2.51. The van der Waals surface area contributed by atoms with E-state index in [0.717, 1.165) is 18.7 Å². The van der Waals surface area contributed by atoms with Crippen LogP contribution >= 0.6 is 66.4 Å². The molecule has 90 valence electrons. The number of rotatable bonds is 2. The molecule has 1 heterocycles. The van der Waals surface area contributed by atoms with Gasteiger partial charge in [-0.15, -0.1) is 11.3 Å². The van der Waals surface area contributed by atoms with Crippen molar-refractivity contribution in [2.45, 2.75) is 6.04 Å². The van der Waals surface area contributed by atoms with Crippen molar-refractivity contribution in [2.75, 3.05) is 0 Å². The Labute approximate surface area is 130 Å². The van der Waals surface area contributed by atoms with Gasteiger partial charge in [0.05, 0.1) is 13.6 Å². The highest BCUT2D eigenvalue weighted by atomic mass is 79.9. The lowest BCUT2D eigenvalue weighted by molar-refractivity contribution is 0.873. The van der Waals surface area contributed by atoms with Crippen molar-refractivity contribution in [2.24, 2.45) is 5.73 Å². The molecule has 0 radical (unpaired) electrons. The molecule has 6 heteroatoms. The van der Waals surface area contributed by atoms with E-state index in [2.05, 4.69) is 31.9 Å². The van der Waals surface area contributed by atoms with E-state index < -0.39 is 0 Å². The maximum absolute atomic E-state index is 6.22. The molecule has 1 aromatic heterocycles. The second kappa shape index (κ2) is 5.59. The van der Waals surface area contributed by atoms with Gasteiger partial charge < -0.3 is 5.73 Å². The fourth-order valence-electron chi connectivity index (χ4n) is 1.53. The van der Waals surface area contributed by atoms with Gasteiger partial charge in [-0.25, -0.2) is 0 Å². The quantitative estimate of drug-likeness (QED) is 0.676. The molecule has 17 heavy (non-hydrogen) atoms. The lowest BCUT2D eigenvalue weighted by Crippen LogP contribution is -2.12. The lowest BCUT2D eigenvalue weighted by atomic mass is 10.0. The van der Waals surface area contributed by atoms with Crippen molar-refractivity contribution in [3.05, 3.63) is 53.0 Å². The molecule has 0 saturated heterocycles. The van der Waals surface area contributed by atoms with Crippen molar-refractivity contribution in [3.63, 3.8) is 0 Å². The molecular formula is C11H7Br2Cl2NS. The van der Waals surface area contributed by atoms with Crippen molar-refractivity contribution in [1.29, 1.82) is 0 Å². The highest BCUT2D eigenvalue weighted by Crippen LogP contribution is 2.40. The van der Waals surface area contributed by atoms with Crippen LogP contribution in [-0.2, 0) is 0 Å². The van der Waals surface area contributed by atoms with Crippen LogP contribution in [0.15, 0.2) is 31.8 Å². The Hall–Kier alpha value is 0.420. The maximum atomic E-state index is 6.22. The first-order valence-corrected chi connectivity index (χ1v) is 7.80. The molecular weight excluding hydrogens is 409 g/mol. The number of benzene rings is 1. The molecule has 0 saturated carbocycles. The zero-order valence-electron chi connectivity index (χ0n) is 8.38. The average Bonchev–Trinajstić information content (AvgIpc) is 2.57. The lowest BCUT2D eigenvalue weighted by Gasteiger charge is -2.14. The van der Waals surface area contributed by atoms with Crippen LogP contribution in [0, 0.1) is 0 Å². The van der Waals surface area contributed by atoms with Crippen LogP contribution in [0.5, 0.6) is 0 Å². The Morgan fingerprint density at radius 2 is 1.76 bits per heavy atom. The summed E-state index contributed by atoms with van der Waals surface area (Å²) < 4.78 is 1.99. The molecule has 2 rings (SSSR count). The summed E-state index contributed by atoms with van der Waals surface area (Å²) in [6.07, 6.45) is 0. The molecule has 1 nitrogen and oxygen atoms in total. The summed E-state index contributed by atoms with van der Waals surface area (Å²) in [6, 6.07) is 7.02. The molecule has 0 aliphatic heterocycles. The molecule has 0 bridgehead atoms. The van der Waals surface area contributed by atoms with E-state index in [1.807, 2.05) is 6.07 Å². The van der Waals surface area contributed by atoms with Crippen LogP contribution < -0.4 is 5.73 Å². The maximum Gasteiger partial charge on any atom is 0.0761 e. The third-order valence-electron chi connectivity index (χ3n) is 2.33. The Morgan fingerprint density at radius 1 is 1.18 bits per heavy atom. The van der Waals surface area contributed by atoms with Crippen molar-refractivity contribution < 1.29 is 0 Å². The van der Waals surface area contributed by atoms with Crippen LogP contribution in [0.1, 0.15) is 17.2 Å². The summed E-state index contributed by atoms with van der Waals surface area (Å²) >= 11 is 20.8. The predicted molar refractivity (Wildman–Crippen MR) is 82.2 cm³/mol. The highest BCUT2D eigenvalue weighted by molar-refractivity contribution is 9.12. The summed E-state index contributed by atoms with van der Waals surface area (Å²) in [5.41, 5.74) is 7.94. The first-order chi connectivity index (χ1) is 8.00. The van der Waals surface area contributed by atoms with Gasteiger partial charge in [0.1, 0.15) is 0 Å². The summed E-state index contributed by atoms with van der Waals surface area (Å²) in [7, 11) is 0. The van der Waals surface area contributed by atoms with Crippen molar-refractivity contribution >= 4 is 66.4 Å². The first-order valence-electron chi connectivity index (χ1n) is 4.65. The summed E-state index contributed by atoms with van der Waals surface area (Å²) in [5.74, 6) is 0. The van der Waals surface area contributed by atoms with Crippen molar-refractivity contribution in [1.82, 2.24) is 0 Å². The molecule has 0 amide bonds. The molecule has 1 unspecified atom stereocenters. The van der Waals surface area contributed by atoms with Crippen LogP contribution in [0.3, 0.4) is 0 Å². The van der Waals surface area contributed by atoms with Crippen LogP contribution in [0.25, 0.3) is 0 Å². The Kier molecular flexibility index (Phi) is 4.55. The SMILES string of the molecule is NC(c1cc(Br)sc1Br)c1c(Cl)cccc1Cl. The van der Waals surface area contributed by atoms with Gasteiger partial charge in [-0.2, -0.15) is 0 Å². The van der Waals surface area contributed by atoms with E-state index in [-0.39, 0.29) is 6.04 Å². The Morgan fingerprint density at radius 3 is 2.24 bits per heavy atom. The molecule has 0 fully saturated rings. The number of hydrogen-bond donors (Lipinski definition) is 1. The van der Waals surface area contributed by atoms with Gasteiger partial charge in [0, 0.05) is 15.6 Å². The predicted octanol–water partition coefficient (Wildman–Crippen LogP) is 5.63. The number of thiophene rings is 1. The number of hydrogen-bond acceptors (Lipinski definition) is 2. The molecule has 1 aromatic carbocycles. The third kappa shape index (κ3) is 2.88. The zero-order chi connectivity index (χ0) is 12.6. The van der Waals surface area contributed by atoms with E-state index in [1.165, 1.54) is 0 Å². The van der Waals surface area contributed by atoms with Crippen molar-refractivity contribution in [3.8, 4) is 0 Å². The summed E-state index contributed by atoms with van der Waals surface area (Å²) in [5, 5.41) is 1.17. The van der Waals surface area contributed by atoms with Gasteiger partial charge in [0.2, 0.25) is 0 Å². The van der Waals surface area contributed by atoms with E-state index in [9.17, 15) is 0 Å². The first kappa shape index (κ1) is 13.8. The minimum atomic E-state index is -0.340. The molecule has 2 aromatic rings. The van der Waals surface area contributed by atoms with Gasteiger partial charge in [-0.3, -0.25) is 0 Å². The van der Waals surface area contributed by atoms with Gasteiger partial charge >= 0.3 is 0 Å². The standard InChI is InChI=1S/C11H7Br2Cl2NS/c12-8-4-5(11(13)17-8)10(16)9-6(14)2-1-3-7(9)15/h1-4,10H,16H2. The fraction of sp³-hybridized carbons (Fsp3) is 0.0909. The van der Waals surface area contributed by atoms with Gasteiger partial charge in [-0.1, -0.05) is 29.3 Å². The van der Waals surface area contributed by atoms with Crippen LogP contribution in [-0.4, -0.2) is 0 Å². The third-order valence-corrected chi connectivity index (χ3v) is 5.37. The minimum Gasteiger partial charge on any atom is -0.320 e. The Bertz CT molecular complexity index is 536. The zero-order valence-corrected chi connectivity index (χ0v) is 13.9. The van der Waals surface area contributed by atoms with E-state index in [0.29, 0.717) is 10.0 Å². The largest absolute Gasteiger partial charge is 0.320 e. The number of nitrogens with two attached hydrogens (primary N) is 1.